The van der Waals surface area contributed by atoms with Crippen LogP contribution in [0.15, 0.2) is 24.3 Å². The van der Waals surface area contributed by atoms with Crippen LogP contribution in [0.3, 0.4) is 0 Å². The second-order valence-corrected chi connectivity index (χ2v) is 5.78. The molecule has 3 rings (SSSR count). The van der Waals surface area contributed by atoms with Gasteiger partial charge in [-0.25, -0.2) is 0 Å². The third-order valence-corrected chi connectivity index (χ3v) is 4.99. The fourth-order valence-corrected chi connectivity index (χ4v) is 3.98. The quantitative estimate of drug-likeness (QED) is 0.864. The predicted molar refractivity (Wildman–Crippen MR) is 74.1 cm³/mol. The topological polar surface area (TPSA) is 21.3 Å². The maximum Gasteiger partial charge on any atom is 0.119 e. The van der Waals surface area contributed by atoms with Crippen molar-refractivity contribution in [3.8, 4) is 5.75 Å². The zero-order chi connectivity index (χ0) is 12.4. The third kappa shape index (κ3) is 1.93. The van der Waals surface area contributed by atoms with Gasteiger partial charge < -0.3 is 10.1 Å². The van der Waals surface area contributed by atoms with Gasteiger partial charge in [-0.15, -0.1) is 0 Å². The predicted octanol–water partition coefficient (Wildman–Crippen LogP) is 3.12. The molecule has 1 saturated carbocycles. The van der Waals surface area contributed by atoms with Crippen LogP contribution in [0.2, 0.25) is 0 Å². The van der Waals surface area contributed by atoms with E-state index in [0.717, 1.165) is 18.2 Å². The van der Waals surface area contributed by atoms with Crippen molar-refractivity contribution in [3.63, 3.8) is 0 Å². The molecule has 18 heavy (non-hydrogen) atoms. The summed E-state index contributed by atoms with van der Waals surface area (Å²) in [4.78, 5) is 0. The first kappa shape index (κ1) is 12.0. The van der Waals surface area contributed by atoms with Crippen molar-refractivity contribution < 1.29 is 4.74 Å². The first-order valence-corrected chi connectivity index (χ1v) is 7.20. The zero-order valence-corrected chi connectivity index (χ0v) is 11.2. The number of methoxy groups -OCH3 is 1. The van der Waals surface area contributed by atoms with Gasteiger partial charge in [0.1, 0.15) is 5.75 Å². The summed E-state index contributed by atoms with van der Waals surface area (Å²) in [5, 5.41) is 3.58. The zero-order valence-electron chi connectivity index (χ0n) is 11.2. The molecule has 1 aliphatic carbocycles. The largest absolute Gasteiger partial charge is 0.497 e. The van der Waals surface area contributed by atoms with Gasteiger partial charge in [-0.1, -0.05) is 25.0 Å². The van der Waals surface area contributed by atoms with Crippen LogP contribution in [0.25, 0.3) is 0 Å². The average molecular weight is 245 g/mol. The fraction of sp³-hybridized carbons (Fsp3) is 0.625. The average Bonchev–Trinajstić information content (AvgIpc) is 2.47. The Hall–Kier alpha value is -1.02. The highest BCUT2D eigenvalue weighted by Crippen LogP contribution is 2.47. The van der Waals surface area contributed by atoms with Crippen LogP contribution < -0.4 is 10.1 Å². The van der Waals surface area contributed by atoms with E-state index in [2.05, 4.69) is 29.6 Å². The maximum absolute atomic E-state index is 5.41. The van der Waals surface area contributed by atoms with E-state index < -0.39 is 0 Å². The molecular formula is C16H23NO. The molecule has 2 nitrogen and oxygen atoms in total. The van der Waals surface area contributed by atoms with E-state index in [1.807, 2.05) is 0 Å². The number of piperidine rings is 1. The molecule has 1 heterocycles. The van der Waals surface area contributed by atoms with Crippen molar-refractivity contribution >= 4 is 0 Å². The standard InChI is InChI=1S/C16H23NO/c1-18-15-7-4-6-13(11-15)16-8-3-2-5-14(16)12-17-10-9-16/h4,6-7,11,14,17H,2-3,5,8-10,12H2,1H3/t14-,16-/m0/s1. The molecule has 1 saturated heterocycles. The number of benzene rings is 1. The molecule has 1 N–H and O–H groups in total. The van der Waals surface area contributed by atoms with Crippen molar-refractivity contribution in [3.05, 3.63) is 29.8 Å². The molecule has 2 atom stereocenters. The molecule has 0 amide bonds. The molecule has 0 spiro atoms. The highest BCUT2D eigenvalue weighted by Gasteiger charge is 2.43. The van der Waals surface area contributed by atoms with Crippen molar-refractivity contribution in [1.29, 1.82) is 0 Å². The number of ether oxygens (including phenoxy) is 1. The van der Waals surface area contributed by atoms with Crippen LogP contribution >= 0.6 is 0 Å². The Morgan fingerprint density at radius 2 is 2.22 bits per heavy atom. The van der Waals surface area contributed by atoms with Crippen LogP contribution in [-0.4, -0.2) is 20.2 Å². The second-order valence-electron chi connectivity index (χ2n) is 5.78. The smallest absolute Gasteiger partial charge is 0.119 e. The summed E-state index contributed by atoms with van der Waals surface area (Å²) in [7, 11) is 1.76. The Morgan fingerprint density at radius 3 is 3.11 bits per heavy atom. The lowest BCUT2D eigenvalue weighted by Gasteiger charge is -2.48. The minimum absolute atomic E-state index is 0.415. The minimum Gasteiger partial charge on any atom is -0.497 e. The van der Waals surface area contributed by atoms with Crippen molar-refractivity contribution in [2.75, 3.05) is 20.2 Å². The Labute approximate surface area is 110 Å². The molecule has 2 aliphatic rings. The molecule has 1 aliphatic heterocycles. The van der Waals surface area contributed by atoms with Crippen LogP contribution in [0.4, 0.5) is 0 Å². The molecule has 0 aromatic heterocycles. The Bertz CT molecular complexity index is 403. The van der Waals surface area contributed by atoms with E-state index in [4.69, 9.17) is 4.74 Å². The normalized spacial score (nSPS) is 31.7. The van der Waals surface area contributed by atoms with Gasteiger partial charge in [0, 0.05) is 5.41 Å². The summed E-state index contributed by atoms with van der Waals surface area (Å²) in [5.74, 6) is 1.82. The van der Waals surface area contributed by atoms with E-state index in [0.29, 0.717) is 5.41 Å². The van der Waals surface area contributed by atoms with Gasteiger partial charge in [0.25, 0.3) is 0 Å². The summed E-state index contributed by atoms with van der Waals surface area (Å²) in [6.07, 6.45) is 6.80. The lowest BCUT2D eigenvalue weighted by molar-refractivity contribution is 0.137. The monoisotopic (exact) mass is 245 g/mol. The fourth-order valence-electron chi connectivity index (χ4n) is 3.98. The van der Waals surface area contributed by atoms with Crippen molar-refractivity contribution in [2.45, 2.75) is 37.5 Å². The first-order chi connectivity index (χ1) is 8.85. The van der Waals surface area contributed by atoms with Crippen LogP contribution in [-0.2, 0) is 5.41 Å². The van der Waals surface area contributed by atoms with E-state index in [9.17, 15) is 0 Å². The lowest BCUT2D eigenvalue weighted by Crippen LogP contribution is -2.49. The van der Waals surface area contributed by atoms with Gasteiger partial charge in [0.15, 0.2) is 0 Å². The molecule has 98 valence electrons. The van der Waals surface area contributed by atoms with Gasteiger partial charge in [0.05, 0.1) is 7.11 Å². The minimum atomic E-state index is 0.415. The first-order valence-electron chi connectivity index (χ1n) is 7.20. The molecule has 2 fully saturated rings. The van der Waals surface area contributed by atoms with Crippen LogP contribution in [0.5, 0.6) is 5.75 Å². The molecular weight excluding hydrogens is 222 g/mol. The molecule has 2 heteroatoms. The molecule has 0 bridgehead atoms. The summed E-state index contributed by atoms with van der Waals surface area (Å²) >= 11 is 0. The van der Waals surface area contributed by atoms with Gasteiger partial charge in [-0.05, 0) is 56.0 Å². The summed E-state index contributed by atoms with van der Waals surface area (Å²) in [5.41, 5.74) is 1.92. The van der Waals surface area contributed by atoms with Gasteiger partial charge in [0.2, 0.25) is 0 Å². The highest BCUT2D eigenvalue weighted by molar-refractivity contribution is 5.35. The third-order valence-electron chi connectivity index (χ3n) is 4.99. The molecule has 1 aromatic rings. The number of nitrogens with one attached hydrogen (secondary N) is 1. The summed E-state index contributed by atoms with van der Waals surface area (Å²) in [6.45, 7) is 2.35. The molecule has 0 unspecified atom stereocenters. The van der Waals surface area contributed by atoms with E-state index in [1.54, 1.807) is 7.11 Å². The van der Waals surface area contributed by atoms with E-state index >= 15 is 0 Å². The van der Waals surface area contributed by atoms with E-state index in [-0.39, 0.29) is 0 Å². The Balaban J connectivity index is 1.98. The summed E-state index contributed by atoms with van der Waals surface area (Å²) < 4.78 is 5.41. The highest BCUT2D eigenvalue weighted by atomic mass is 16.5. The van der Waals surface area contributed by atoms with Gasteiger partial charge >= 0.3 is 0 Å². The second kappa shape index (κ2) is 4.93. The number of rotatable bonds is 2. The number of hydrogen-bond acceptors (Lipinski definition) is 2. The van der Waals surface area contributed by atoms with Crippen LogP contribution in [0.1, 0.15) is 37.7 Å². The lowest BCUT2D eigenvalue weighted by atomic mass is 9.59. The van der Waals surface area contributed by atoms with E-state index in [1.165, 1.54) is 44.2 Å². The number of hydrogen-bond donors (Lipinski definition) is 1. The SMILES string of the molecule is COc1cccc([C@@]23CCCC[C@H]2CNCC3)c1. The Morgan fingerprint density at radius 1 is 1.28 bits per heavy atom. The van der Waals surface area contributed by atoms with Gasteiger partial charge in [-0.2, -0.15) is 0 Å². The molecule has 0 radical (unpaired) electrons. The molecule has 1 aromatic carbocycles. The van der Waals surface area contributed by atoms with Crippen LogP contribution in [0, 0.1) is 5.92 Å². The maximum atomic E-state index is 5.41. The van der Waals surface area contributed by atoms with Gasteiger partial charge in [-0.3, -0.25) is 0 Å². The van der Waals surface area contributed by atoms with Crippen molar-refractivity contribution in [2.24, 2.45) is 5.92 Å². The summed E-state index contributed by atoms with van der Waals surface area (Å²) in [6, 6.07) is 8.78. The number of fused-ring (bicyclic) bond motifs is 1. The Kier molecular flexibility index (Phi) is 3.29. The van der Waals surface area contributed by atoms with Crippen molar-refractivity contribution in [1.82, 2.24) is 5.32 Å².